The van der Waals surface area contributed by atoms with Gasteiger partial charge in [0, 0.05) is 0 Å². The molecule has 0 aliphatic rings. The van der Waals surface area contributed by atoms with Gasteiger partial charge in [0.05, 0.1) is 11.5 Å². The molecule has 2 aromatic rings. The maximum absolute atomic E-state index is 12.1. The average Bonchev–Trinajstić information content (AvgIpc) is 2.96. The molecule has 0 unspecified atom stereocenters. The molecule has 8 nitrogen and oxygen atoms in total. The van der Waals surface area contributed by atoms with Crippen molar-refractivity contribution in [3.05, 3.63) is 41.8 Å². The van der Waals surface area contributed by atoms with Gasteiger partial charge in [-0.05, 0) is 25.8 Å². The maximum atomic E-state index is 12.1. The Bertz CT molecular complexity index is 890. The van der Waals surface area contributed by atoms with E-state index < -0.39 is 36.4 Å². The van der Waals surface area contributed by atoms with Crippen molar-refractivity contribution in [1.29, 1.82) is 0 Å². The Kier molecular flexibility index (Phi) is 5.41. The van der Waals surface area contributed by atoms with Crippen LogP contribution in [0.25, 0.3) is 0 Å². The first-order chi connectivity index (χ1) is 11.1. The standard InChI is InChI=1S/C14H19N3O5S2/c1-10(2)24(20,21)14-16-15-13(22-14)12(17-23(3,18)19)9-11-7-5-4-6-8-11/h4-8,10,12,17H,9H2,1-3H3/t12-/m0/s1. The van der Waals surface area contributed by atoms with Gasteiger partial charge in [-0.1, -0.05) is 35.4 Å². The van der Waals surface area contributed by atoms with Crippen LogP contribution in [0.2, 0.25) is 0 Å². The summed E-state index contributed by atoms with van der Waals surface area (Å²) in [5.41, 5.74) is 0.838. The maximum Gasteiger partial charge on any atom is 0.335 e. The molecule has 0 spiro atoms. The largest absolute Gasteiger partial charge is 0.411 e. The van der Waals surface area contributed by atoms with E-state index in [0.29, 0.717) is 0 Å². The van der Waals surface area contributed by atoms with E-state index in [1.54, 1.807) is 0 Å². The molecule has 0 bridgehead atoms. The fourth-order valence-corrected chi connectivity index (χ4v) is 3.43. The third-order valence-corrected chi connectivity index (χ3v) is 5.83. The van der Waals surface area contributed by atoms with Gasteiger partial charge in [0.2, 0.25) is 25.8 Å². The van der Waals surface area contributed by atoms with Crippen LogP contribution in [0.3, 0.4) is 0 Å². The summed E-state index contributed by atoms with van der Waals surface area (Å²) in [6, 6.07) is 8.25. The van der Waals surface area contributed by atoms with Gasteiger partial charge in [-0.25, -0.2) is 21.6 Å². The number of sulfonamides is 1. The van der Waals surface area contributed by atoms with Crippen LogP contribution >= 0.6 is 0 Å². The number of rotatable bonds is 7. The summed E-state index contributed by atoms with van der Waals surface area (Å²) in [6.45, 7) is 2.99. The summed E-state index contributed by atoms with van der Waals surface area (Å²) in [6.07, 6.45) is 1.25. The fraction of sp³-hybridized carbons (Fsp3) is 0.429. The Morgan fingerprint density at radius 2 is 1.71 bits per heavy atom. The zero-order valence-corrected chi connectivity index (χ0v) is 15.1. The summed E-state index contributed by atoms with van der Waals surface area (Å²) in [7, 11) is -7.28. The molecule has 0 saturated carbocycles. The molecule has 1 heterocycles. The van der Waals surface area contributed by atoms with Crippen molar-refractivity contribution in [2.75, 3.05) is 6.26 Å². The summed E-state index contributed by atoms with van der Waals surface area (Å²) in [4.78, 5) is 0. The van der Waals surface area contributed by atoms with Crippen LogP contribution in [-0.4, -0.2) is 38.5 Å². The van der Waals surface area contributed by atoms with Gasteiger partial charge in [0.1, 0.15) is 6.04 Å². The highest BCUT2D eigenvalue weighted by Gasteiger charge is 2.29. The van der Waals surface area contributed by atoms with Gasteiger partial charge in [-0.15, -0.1) is 5.10 Å². The quantitative estimate of drug-likeness (QED) is 0.771. The van der Waals surface area contributed by atoms with Gasteiger partial charge in [0.15, 0.2) is 0 Å². The highest BCUT2D eigenvalue weighted by atomic mass is 32.2. The molecule has 0 radical (unpaired) electrons. The van der Waals surface area contributed by atoms with Crippen LogP contribution in [0, 0.1) is 0 Å². The van der Waals surface area contributed by atoms with E-state index in [-0.39, 0.29) is 12.3 Å². The van der Waals surface area contributed by atoms with E-state index in [1.807, 2.05) is 30.3 Å². The van der Waals surface area contributed by atoms with E-state index >= 15 is 0 Å². The van der Waals surface area contributed by atoms with Crippen LogP contribution in [0.5, 0.6) is 0 Å². The highest BCUT2D eigenvalue weighted by Crippen LogP contribution is 2.21. The first-order valence-corrected chi connectivity index (χ1v) is 10.6. The first kappa shape index (κ1) is 18.6. The summed E-state index contributed by atoms with van der Waals surface area (Å²) >= 11 is 0. The van der Waals surface area contributed by atoms with Crippen LogP contribution in [0.1, 0.15) is 31.3 Å². The van der Waals surface area contributed by atoms with E-state index in [9.17, 15) is 16.8 Å². The monoisotopic (exact) mass is 373 g/mol. The van der Waals surface area contributed by atoms with Crippen molar-refractivity contribution < 1.29 is 21.3 Å². The molecule has 1 aromatic heterocycles. The van der Waals surface area contributed by atoms with E-state index in [1.165, 1.54) is 13.8 Å². The predicted octanol–water partition coefficient (Wildman–Crippen LogP) is 1.08. The second kappa shape index (κ2) is 6.99. The first-order valence-electron chi connectivity index (χ1n) is 7.18. The molecular weight excluding hydrogens is 354 g/mol. The van der Waals surface area contributed by atoms with Crippen molar-refractivity contribution >= 4 is 19.9 Å². The summed E-state index contributed by atoms with van der Waals surface area (Å²) in [5.74, 6) is -0.0940. The zero-order chi connectivity index (χ0) is 18.0. The van der Waals surface area contributed by atoms with E-state index in [4.69, 9.17) is 4.42 Å². The van der Waals surface area contributed by atoms with Crippen LogP contribution in [0.15, 0.2) is 40.0 Å². The molecule has 1 aromatic carbocycles. The highest BCUT2D eigenvalue weighted by molar-refractivity contribution is 7.91. The Morgan fingerprint density at radius 1 is 1.08 bits per heavy atom. The molecule has 0 amide bonds. The molecular formula is C14H19N3O5S2. The number of nitrogens with one attached hydrogen (secondary N) is 1. The van der Waals surface area contributed by atoms with Gasteiger partial charge < -0.3 is 4.42 Å². The second-order valence-corrected chi connectivity index (χ2v) is 9.79. The van der Waals surface area contributed by atoms with Crippen molar-refractivity contribution in [1.82, 2.24) is 14.9 Å². The lowest BCUT2D eigenvalue weighted by Crippen LogP contribution is -2.29. The van der Waals surface area contributed by atoms with Crippen molar-refractivity contribution in [3.63, 3.8) is 0 Å². The molecule has 10 heteroatoms. The number of aromatic nitrogens is 2. The Morgan fingerprint density at radius 3 is 2.25 bits per heavy atom. The van der Waals surface area contributed by atoms with E-state index in [0.717, 1.165) is 11.8 Å². The Labute approximate surface area is 141 Å². The molecule has 1 atom stereocenters. The normalized spacial score (nSPS) is 14.0. The molecule has 0 aliphatic heterocycles. The number of nitrogens with zero attached hydrogens (tertiary/aromatic N) is 2. The summed E-state index contributed by atoms with van der Waals surface area (Å²) in [5, 5.41) is 6.05. The SMILES string of the molecule is CC(C)S(=O)(=O)c1nnc([C@H](Cc2ccccc2)NS(C)(=O)=O)o1. The average molecular weight is 373 g/mol. The predicted molar refractivity (Wildman–Crippen MR) is 87.5 cm³/mol. The lowest BCUT2D eigenvalue weighted by Gasteiger charge is -2.13. The van der Waals surface area contributed by atoms with E-state index in [2.05, 4.69) is 14.9 Å². The lowest BCUT2D eigenvalue weighted by atomic mass is 10.1. The van der Waals surface area contributed by atoms with Gasteiger partial charge in [-0.3, -0.25) is 0 Å². The van der Waals surface area contributed by atoms with Crippen LogP contribution in [0.4, 0.5) is 0 Å². The molecule has 0 saturated heterocycles. The molecule has 2 rings (SSSR count). The topological polar surface area (TPSA) is 119 Å². The minimum absolute atomic E-state index is 0.0940. The molecule has 24 heavy (non-hydrogen) atoms. The van der Waals surface area contributed by atoms with Crippen LogP contribution in [-0.2, 0) is 26.3 Å². The smallest absolute Gasteiger partial charge is 0.335 e. The van der Waals surface area contributed by atoms with Gasteiger partial charge in [-0.2, -0.15) is 0 Å². The zero-order valence-electron chi connectivity index (χ0n) is 13.5. The Balaban J connectivity index is 2.36. The van der Waals surface area contributed by atoms with Gasteiger partial charge >= 0.3 is 5.22 Å². The molecule has 0 fully saturated rings. The second-order valence-electron chi connectivity index (χ2n) is 5.63. The lowest BCUT2D eigenvalue weighted by molar-refractivity contribution is 0.362. The number of benzene rings is 1. The van der Waals surface area contributed by atoms with Crippen LogP contribution < -0.4 is 4.72 Å². The summed E-state index contributed by atoms with van der Waals surface area (Å²) < 4.78 is 55.0. The Hall–Kier alpha value is -1.78. The van der Waals surface area contributed by atoms with Gasteiger partial charge in [0.25, 0.3) is 0 Å². The third kappa shape index (κ3) is 4.62. The molecule has 1 N–H and O–H groups in total. The van der Waals surface area contributed by atoms with Crippen molar-refractivity contribution in [3.8, 4) is 0 Å². The van der Waals surface area contributed by atoms with Crippen molar-refractivity contribution in [2.45, 2.75) is 36.8 Å². The minimum atomic E-state index is -3.72. The molecule has 132 valence electrons. The number of sulfone groups is 1. The number of hydrogen-bond donors (Lipinski definition) is 1. The third-order valence-electron chi connectivity index (χ3n) is 3.22. The van der Waals surface area contributed by atoms with Crippen molar-refractivity contribution in [2.24, 2.45) is 0 Å². The molecule has 0 aliphatic carbocycles. The minimum Gasteiger partial charge on any atom is -0.411 e. The fourth-order valence-electron chi connectivity index (χ4n) is 1.97. The number of hydrogen-bond acceptors (Lipinski definition) is 7.